The van der Waals surface area contributed by atoms with Gasteiger partial charge in [-0.15, -0.1) is 0 Å². The number of rotatable bonds is 5. The van der Waals surface area contributed by atoms with Crippen molar-refractivity contribution in [3.63, 3.8) is 0 Å². The van der Waals surface area contributed by atoms with Crippen LogP contribution in [0.1, 0.15) is 33.6 Å². The predicted octanol–water partition coefficient (Wildman–Crippen LogP) is 2.02. The van der Waals surface area contributed by atoms with E-state index in [2.05, 4.69) is 4.98 Å². The fourth-order valence-electron chi connectivity index (χ4n) is 3.47. The molecule has 6 nitrogen and oxygen atoms in total. The first-order valence-electron chi connectivity index (χ1n) is 8.70. The first-order valence-corrected chi connectivity index (χ1v) is 8.70. The molecule has 1 unspecified atom stereocenters. The highest BCUT2D eigenvalue weighted by Gasteiger charge is 2.27. The number of aliphatic carboxylic acids is 1. The second kappa shape index (κ2) is 7.56. The van der Waals surface area contributed by atoms with E-state index in [0.717, 1.165) is 24.0 Å². The Morgan fingerprint density at radius 3 is 2.54 bits per heavy atom. The third-order valence-corrected chi connectivity index (χ3v) is 4.70. The van der Waals surface area contributed by atoms with Gasteiger partial charge in [0.15, 0.2) is 0 Å². The van der Waals surface area contributed by atoms with Crippen LogP contribution in [0.5, 0.6) is 0 Å². The van der Waals surface area contributed by atoms with Crippen molar-refractivity contribution >= 4 is 11.9 Å². The van der Waals surface area contributed by atoms with E-state index in [-0.39, 0.29) is 17.9 Å². The Balaban J connectivity index is 1.60. The second-order valence-corrected chi connectivity index (χ2v) is 6.91. The summed E-state index contributed by atoms with van der Waals surface area (Å²) in [5.41, 5.74) is 2.79. The van der Waals surface area contributed by atoms with Gasteiger partial charge in [-0.3, -0.25) is 14.4 Å². The van der Waals surface area contributed by atoms with E-state index in [1.165, 1.54) is 6.07 Å². The van der Waals surface area contributed by atoms with Crippen LogP contribution in [0.15, 0.2) is 41.2 Å². The molecular formula is C20H22N2O4. The van der Waals surface area contributed by atoms with E-state index in [1.807, 2.05) is 24.3 Å². The number of nitrogens with one attached hydrogen (secondary N) is 1. The number of carbonyl (C=O) groups excluding carboxylic acids is 1. The van der Waals surface area contributed by atoms with Crippen LogP contribution >= 0.6 is 0 Å². The van der Waals surface area contributed by atoms with Gasteiger partial charge in [-0.2, -0.15) is 0 Å². The van der Waals surface area contributed by atoms with Crippen molar-refractivity contribution in [2.75, 3.05) is 13.1 Å². The van der Waals surface area contributed by atoms with Gasteiger partial charge in [-0.25, -0.2) is 0 Å². The molecule has 1 aliphatic rings. The maximum Gasteiger partial charge on any atom is 0.307 e. The molecule has 0 radical (unpaired) electrons. The number of aromatic amines is 1. The molecule has 0 spiro atoms. The lowest BCUT2D eigenvalue weighted by Gasteiger charge is -2.17. The summed E-state index contributed by atoms with van der Waals surface area (Å²) in [6.45, 7) is 3.12. The molecule has 0 bridgehead atoms. The van der Waals surface area contributed by atoms with Crippen molar-refractivity contribution in [3.8, 4) is 0 Å². The summed E-state index contributed by atoms with van der Waals surface area (Å²) < 4.78 is 0. The average molecular weight is 354 g/mol. The minimum absolute atomic E-state index is 0.0294. The lowest BCUT2D eigenvalue weighted by atomic mass is 9.97. The standard InChI is InChI=1S/C20H22N2O4/c1-13-8-17(11-18(23)21-13)20(26)22-7-6-16(12-22)9-14-2-4-15(5-3-14)10-19(24)25/h2-5,8,11,16H,6-7,9-10,12H2,1H3,(H,21,23)(H,24,25). The Labute approximate surface area is 151 Å². The summed E-state index contributed by atoms with van der Waals surface area (Å²) in [6.07, 6.45) is 1.80. The van der Waals surface area contributed by atoms with Gasteiger partial charge in [0.05, 0.1) is 6.42 Å². The molecular weight excluding hydrogens is 332 g/mol. The minimum atomic E-state index is -0.835. The van der Waals surface area contributed by atoms with Crippen LogP contribution in [0, 0.1) is 12.8 Å². The topological polar surface area (TPSA) is 90.5 Å². The normalized spacial score (nSPS) is 16.7. The molecule has 136 valence electrons. The first-order chi connectivity index (χ1) is 12.4. The quantitative estimate of drug-likeness (QED) is 0.859. The lowest BCUT2D eigenvalue weighted by Crippen LogP contribution is -2.30. The molecule has 1 amide bonds. The number of amides is 1. The number of carboxylic acid groups (broad SMARTS) is 1. The zero-order chi connectivity index (χ0) is 18.7. The molecule has 1 aromatic heterocycles. The maximum absolute atomic E-state index is 12.6. The molecule has 2 aromatic rings. The molecule has 1 fully saturated rings. The van der Waals surface area contributed by atoms with Gasteiger partial charge in [0, 0.05) is 30.4 Å². The van der Waals surface area contributed by atoms with Crippen molar-refractivity contribution in [3.05, 3.63) is 69.1 Å². The molecule has 2 heterocycles. The number of aromatic nitrogens is 1. The number of carbonyl (C=O) groups is 2. The van der Waals surface area contributed by atoms with Crippen LogP contribution < -0.4 is 5.56 Å². The van der Waals surface area contributed by atoms with E-state index in [4.69, 9.17) is 5.11 Å². The van der Waals surface area contributed by atoms with Gasteiger partial charge in [-0.05, 0) is 42.9 Å². The highest BCUT2D eigenvalue weighted by Crippen LogP contribution is 2.22. The average Bonchev–Trinajstić information content (AvgIpc) is 3.03. The number of H-pyrrole nitrogens is 1. The largest absolute Gasteiger partial charge is 0.481 e. The van der Waals surface area contributed by atoms with Gasteiger partial charge < -0.3 is 15.0 Å². The number of hydrogen-bond acceptors (Lipinski definition) is 3. The fraction of sp³-hybridized carbons (Fsp3) is 0.350. The fourth-order valence-corrected chi connectivity index (χ4v) is 3.47. The van der Waals surface area contributed by atoms with Gasteiger partial charge >= 0.3 is 5.97 Å². The Morgan fingerprint density at radius 1 is 1.19 bits per heavy atom. The minimum Gasteiger partial charge on any atom is -0.481 e. The van der Waals surface area contributed by atoms with Crippen LogP contribution in [0.4, 0.5) is 0 Å². The Bertz CT molecular complexity index is 870. The van der Waals surface area contributed by atoms with E-state index in [9.17, 15) is 14.4 Å². The first kappa shape index (κ1) is 17.9. The van der Waals surface area contributed by atoms with Crippen LogP contribution in [0.3, 0.4) is 0 Å². The Kier molecular flexibility index (Phi) is 5.21. The molecule has 1 saturated heterocycles. The zero-order valence-electron chi connectivity index (χ0n) is 14.7. The number of likely N-dealkylation sites (tertiary alicyclic amines) is 1. The van der Waals surface area contributed by atoms with E-state index < -0.39 is 5.97 Å². The summed E-state index contributed by atoms with van der Waals surface area (Å²) in [6, 6.07) is 10.7. The summed E-state index contributed by atoms with van der Waals surface area (Å²) in [5.74, 6) is -0.566. The SMILES string of the molecule is Cc1cc(C(=O)N2CCC(Cc3ccc(CC(=O)O)cc3)C2)cc(=O)[nH]1. The van der Waals surface area contributed by atoms with Crippen molar-refractivity contribution in [1.29, 1.82) is 0 Å². The second-order valence-electron chi connectivity index (χ2n) is 6.91. The number of hydrogen-bond donors (Lipinski definition) is 2. The third-order valence-electron chi connectivity index (χ3n) is 4.70. The van der Waals surface area contributed by atoms with Crippen LogP contribution in [-0.4, -0.2) is 40.0 Å². The van der Waals surface area contributed by atoms with E-state index in [0.29, 0.717) is 30.3 Å². The van der Waals surface area contributed by atoms with Crippen molar-refractivity contribution in [2.45, 2.75) is 26.2 Å². The Morgan fingerprint density at radius 2 is 1.88 bits per heavy atom. The number of pyridine rings is 1. The number of aryl methyl sites for hydroxylation is 1. The monoisotopic (exact) mass is 354 g/mol. The summed E-state index contributed by atoms with van der Waals surface area (Å²) in [7, 11) is 0. The van der Waals surface area contributed by atoms with E-state index in [1.54, 1.807) is 17.9 Å². The third kappa shape index (κ3) is 4.39. The molecule has 1 atom stereocenters. The van der Waals surface area contributed by atoms with Crippen molar-refractivity contribution < 1.29 is 14.7 Å². The lowest BCUT2D eigenvalue weighted by molar-refractivity contribution is -0.136. The molecule has 0 saturated carbocycles. The Hall–Kier alpha value is -2.89. The van der Waals surface area contributed by atoms with Crippen LogP contribution in [0.25, 0.3) is 0 Å². The smallest absolute Gasteiger partial charge is 0.307 e. The highest BCUT2D eigenvalue weighted by atomic mass is 16.4. The van der Waals surface area contributed by atoms with Crippen molar-refractivity contribution in [2.24, 2.45) is 5.92 Å². The summed E-state index contributed by atoms with van der Waals surface area (Å²) >= 11 is 0. The molecule has 1 aliphatic heterocycles. The highest BCUT2D eigenvalue weighted by molar-refractivity contribution is 5.94. The van der Waals surface area contributed by atoms with E-state index >= 15 is 0 Å². The number of nitrogens with zero attached hydrogens (tertiary/aromatic N) is 1. The molecule has 6 heteroatoms. The van der Waals surface area contributed by atoms with Crippen LogP contribution in [-0.2, 0) is 17.6 Å². The number of benzene rings is 1. The number of carboxylic acids is 1. The van der Waals surface area contributed by atoms with Crippen LogP contribution in [0.2, 0.25) is 0 Å². The zero-order valence-corrected chi connectivity index (χ0v) is 14.7. The molecule has 2 N–H and O–H groups in total. The summed E-state index contributed by atoms with van der Waals surface area (Å²) in [4.78, 5) is 39.4. The van der Waals surface area contributed by atoms with Crippen molar-refractivity contribution in [1.82, 2.24) is 9.88 Å². The van der Waals surface area contributed by atoms with Gasteiger partial charge in [0.1, 0.15) is 0 Å². The van der Waals surface area contributed by atoms with Gasteiger partial charge in [-0.1, -0.05) is 24.3 Å². The predicted molar refractivity (Wildman–Crippen MR) is 97.3 cm³/mol. The van der Waals surface area contributed by atoms with Gasteiger partial charge in [0.25, 0.3) is 5.91 Å². The van der Waals surface area contributed by atoms with Gasteiger partial charge in [0.2, 0.25) is 5.56 Å². The summed E-state index contributed by atoms with van der Waals surface area (Å²) in [5, 5.41) is 8.82. The molecule has 0 aliphatic carbocycles. The maximum atomic E-state index is 12.6. The molecule has 1 aromatic carbocycles. The molecule has 26 heavy (non-hydrogen) atoms. The molecule has 3 rings (SSSR count).